The van der Waals surface area contributed by atoms with E-state index < -0.39 is 13.9 Å². The van der Waals surface area contributed by atoms with E-state index in [9.17, 15) is 14.3 Å². The van der Waals surface area contributed by atoms with Gasteiger partial charge in [0.25, 0.3) is 7.82 Å². The average Bonchev–Trinajstić information content (AvgIpc) is 2.75. The Labute approximate surface area is 207 Å². The summed E-state index contributed by atoms with van der Waals surface area (Å²) >= 11 is 0. The Hall–Kier alpha value is -1.18. The van der Waals surface area contributed by atoms with Gasteiger partial charge in [-0.15, -0.1) is 0 Å². The minimum Gasteiger partial charge on any atom is -0.756 e. The summed E-state index contributed by atoms with van der Waals surface area (Å²) in [7, 11) is 1.42. The zero-order chi connectivity index (χ0) is 25.5. The van der Waals surface area contributed by atoms with Gasteiger partial charge in [0.2, 0.25) is 0 Å². The molecule has 0 radical (unpaired) electrons. The largest absolute Gasteiger partial charge is 0.756 e. The Kier molecular flexibility index (Phi) is 20.4. The van der Waals surface area contributed by atoms with E-state index in [0.29, 0.717) is 17.6 Å². The number of quaternary nitrogens is 1. The van der Waals surface area contributed by atoms with Crippen LogP contribution in [0.5, 0.6) is 0 Å². The Bertz CT molecular complexity index is 605. The quantitative estimate of drug-likeness (QED) is 0.0925. The van der Waals surface area contributed by atoms with Gasteiger partial charge >= 0.3 is 6.09 Å². The van der Waals surface area contributed by atoms with Gasteiger partial charge in [-0.1, -0.05) is 63.3 Å². The summed E-state index contributed by atoms with van der Waals surface area (Å²) in [6, 6.07) is 0. The Morgan fingerprint density at radius 2 is 1.44 bits per heavy atom. The third kappa shape index (κ3) is 25.4. The molecule has 0 rings (SSSR count). The van der Waals surface area contributed by atoms with Crippen molar-refractivity contribution in [3.63, 3.8) is 0 Å². The number of nitrogens with zero attached hydrogens (tertiary/aromatic N) is 1. The number of allylic oxidation sites excluding steroid dienone is 4. The zero-order valence-corrected chi connectivity index (χ0v) is 22.9. The molecule has 200 valence electrons. The van der Waals surface area contributed by atoms with Gasteiger partial charge in [0.05, 0.1) is 27.7 Å². The molecule has 0 aromatic carbocycles. The Morgan fingerprint density at radius 1 is 0.853 bits per heavy atom. The molecule has 0 saturated carbocycles. The van der Waals surface area contributed by atoms with Crippen molar-refractivity contribution in [1.29, 1.82) is 0 Å². The maximum absolute atomic E-state index is 11.6. The van der Waals surface area contributed by atoms with Gasteiger partial charge < -0.3 is 28.5 Å². The fourth-order valence-electron chi connectivity index (χ4n) is 2.93. The van der Waals surface area contributed by atoms with Crippen LogP contribution in [0.25, 0.3) is 0 Å². The van der Waals surface area contributed by atoms with Gasteiger partial charge in [-0.25, -0.2) is 4.79 Å². The summed E-state index contributed by atoms with van der Waals surface area (Å²) in [4.78, 5) is 23.2. The zero-order valence-electron chi connectivity index (χ0n) is 22.0. The van der Waals surface area contributed by atoms with Gasteiger partial charge in [-0.05, 0) is 38.5 Å². The van der Waals surface area contributed by atoms with E-state index in [2.05, 4.69) is 41.1 Å². The summed E-state index contributed by atoms with van der Waals surface area (Å²) in [6.07, 6.45) is 21.2. The molecule has 1 amide bonds. The van der Waals surface area contributed by atoms with Crippen LogP contribution >= 0.6 is 7.82 Å². The minimum absolute atomic E-state index is 0.0408. The lowest BCUT2D eigenvalue weighted by Gasteiger charge is -2.27. The number of carbonyl (C=O) groups excluding carboxylic acids is 1. The van der Waals surface area contributed by atoms with Crippen LogP contribution in [-0.4, -0.2) is 64.6 Å². The predicted octanol–water partition coefficient (Wildman–Crippen LogP) is 5.34. The van der Waals surface area contributed by atoms with Gasteiger partial charge in [-0.3, -0.25) is 4.57 Å². The molecule has 0 bridgehead atoms. The summed E-state index contributed by atoms with van der Waals surface area (Å²) in [6.45, 7) is 2.92. The van der Waals surface area contributed by atoms with Gasteiger partial charge in [-0.2, -0.15) is 0 Å². The van der Waals surface area contributed by atoms with E-state index in [4.69, 9.17) is 9.26 Å². The Morgan fingerprint density at radius 3 is 2.09 bits per heavy atom. The molecule has 0 aromatic heterocycles. The van der Waals surface area contributed by atoms with Gasteiger partial charge in [0, 0.05) is 6.54 Å². The first kappa shape index (κ1) is 32.8. The molecule has 0 spiro atoms. The summed E-state index contributed by atoms with van der Waals surface area (Å²) < 4.78 is 26.6. The number of likely N-dealkylation sites (N-methyl/N-ethyl adjacent to an activating group) is 1. The number of alkyl carbamates (subject to hydrolysis) is 1. The second-order valence-electron chi connectivity index (χ2n) is 9.42. The number of rotatable bonds is 22. The van der Waals surface area contributed by atoms with Crippen molar-refractivity contribution in [2.45, 2.75) is 77.6 Å². The molecule has 8 nitrogen and oxygen atoms in total. The van der Waals surface area contributed by atoms with E-state index in [1.54, 1.807) is 0 Å². The van der Waals surface area contributed by atoms with Crippen molar-refractivity contribution in [2.24, 2.45) is 0 Å². The smallest absolute Gasteiger partial charge is 0.407 e. The number of phosphoric acid groups is 1. The third-order valence-corrected chi connectivity index (χ3v) is 5.97. The number of carbonyl (C=O) groups is 1. The number of phosphoric ester groups is 1. The molecule has 34 heavy (non-hydrogen) atoms. The minimum atomic E-state index is -4.37. The van der Waals surface area contributed by atoms with Gasteiger partial charge in [0.15, 0.2) is 0 Å². The first-order valence-corrected chi connectivity index (χ1v) is 14.2. The van der Waals surface area contributed by atoms with Crippen molar-refractivity contribution >= 4 is 13.9 Å². The molecule has 0 saturated heterocycles. The third-order valence-electron chi connectivity index (χ3n) is 4.97. The van der Waals surface area contributed by atoms with E-state index >= 15 is 0 Å². The first-order valence-electron chi connectivity index (χ1n) is 12.8. The van der Waals surface area contributed by atoms with Crippen molar-refractivity contribution in [1.82, 2.24) is 5.32 Å². The maximum Gasteiger partial charge on any atom is 0.407 e. The number of ether oxygens (including phenoxy) is 1. The highest BCUT2D eigenvalue weighted by Gasteiger charge is 2.13. The predicted molar refractivity (Wildman–Crippen MR) is 137 cm³/mol. The van der Waals surface area contributed by atoms with Crippen molar-refractivity contribution in [3.05, 3.63) is 24.3 Å². The SMILES string of the molecule is CCCCCC=CCC=CCCCCCCCNC(=O)OCCOP(=O)([O-])OCC[N+](C)(C)C. The molecule has 0 aliphatic carbocycles. The average molecular weight is 505 g/mol. The van der Waals surface area contributed by atoms with Gasteiger partial charge in [0.1, 0.15) is 19.8 Å². The van der Waals surface area contributed by atoms with Crippen LogP contribution in [0.15, 0.2) is 24.3 Å². The number of hydrogen-bond donors (Lipinski definition) is 1. The Balaban J connectivity index is 3.49. The second kappa shape index (κ2) is 21.1. The van der Waals surface area contributed by atoms with Crippen molar-refractivity contribution in [2.75, 3.05) is 54.1 Å². The van der Waals surface area contributed by atoms with E-state index in [0.717, 1.165) is 32.1 Å². The molecule has 0 aromatic rings. The molecular weight excluding hydrogens is 455 g/mol. The van der Waals surface area contributed by atoms with Crippen molar-refractivity contribution in [3.8, 4) is 0 Å². The molecule has 0 heterocycles. The lowest BCUT2D eigenvalue weighted by atomic mass is 10.1. The monoisotopic (exact) mass is 504 g/mol. The number of unbranched alkanes of at least 4 members (excludes halogenated alkanes) is 8. The van der Waals surface area contributed by atoms with E-state index in [1.165, 1.54) is 38.5 Å². The molecule has 0 aliphatic rings. The molecule has 0 fully saturated rings. The summed E-state index contributed by atoms with van der Waals surface area (Å²) in [5.74, 6) is 0. The van der Waals surface area contributed by atoms with Crippen molar-refractivity contribution < 1.29 is 32.5 Å². The van der Waals surface area contributed by atoms with E-state index in [1.807, 2.05) is 21.1 Å². The molecule has 0 aliphatic heterocycles. The summed E-state index contributed by atoms with van der Waals surface area (Å²) in [5.41, 5.74) is 0. The highest BCUT2D eigenvalue weighted by Crippen LogP contribution is 2.37. The molecular formula is C25H49N2O6P. The van der Waals surface area contributed by atoms with Crippen LogP contribution in [0.3, 0.4) is 0 Å². The lowest BCUT2D eigenvalue weighted by Crippen LogP contribution is -2.37. The van der Waals surface area contributed by atoms with Crippen LogP contribution in [0.2, 0.25) is 0 Å². The molecule has 1 unspecified atom stereocenters. The van der Waals surface area contributed by atoms with Crippen LogP contribution in [0.4, 0.5) is 4.79 Å². The lowest BCUT2D eigenvalue weighted by molar-refractivity contribution is -0.870. The fourth-order valence-corrected chi connectivity index (χ4v) is 3.60. The number of nitrogens with one attached hydrogen (secondary N) is 1. The van der Waals surface area contributed by atoms with E-state index in [-0.39, 0.29) is 19.8 Å². The normalized spacial score (nSPS) is 14.0. The molecule has 9 heteroatoms. The fraction of sp³-hybridized carbons (Fsp3) is 0.800. The standard InChI is InChI=1S/C25H49N2O6P/c1-5-6-7-8-9-10-11-12-13-14-15-16-17-18-19-20-26-25(28)31-23-24-33-34(29,30)32-22-21-27(2,3)4/h9-10,12-13H,5-8,11,14-24H2,1-4H3,(H-,26,28,29,30). The highest BCUT2D eigenvalue weighted by molar-refractivity contribution is 7.45. The maximum atomic E-state index is 11.6. The molecule has 1 atom stereocenters. The first-order chi connectivity index (χ1) is 16.2. The summed E-state index contributed by atoms with van der Waals surface area (Å²) in [5, 5.41) is 2.66. The van der Waals surface area contributed by atoms with Crippen LogP contribution in [0.1, 0.15) is 77.6 Å². The number of amides is 1. The topological polar surface area (TPSA) is 96.9 Å². The highest BCUT2D eigenvalue weighted by atomic mass is 31.2. The van der Waals surface area contributed by atoms with Crippen LogP contribution < -0.4 is 10.2 Å². The van der Waals surface area contributed by atoms with Crippen LogP contribution in [0, 0.1) is 0 Å². The number of hydrogen-bond acceptors (Lipinski definition) is 6. The molecule has 1 N–H and O–H groups in total. The van der Waals surface area contributed by atoms with Crippen LogP contribution in [-0.2, 0) is 18.3 Å². The second-order valence-corrected chi connectivity index (χ2v) is 10.8.